The second kappa shape index (κ2) is 7.34. The van der Waals surface area contributed by atoms with Crippen LogP contribution in [0.3, 0.4) is 0 Å². The molecule has 0 aliphatic rings. The van der Waals surface area contributed by atoms with Gasteiger partial charge in [-0.15, -0.1) is 0 Å². The highest BCUT2D eigenvalue weighted by atomic mass is 32.2. The van der Waals surface area contributed by atoms with Crippen molar-refractivity contribution in [2.75, 3.05) is 18.0 Å². The van der Waals surface area contributed by atoms with E-state index in [-0.39, 0.29) is 4.90 Å². The Kier molecular flexibility index (Phi) is 5.46. The predicted molar refractivity (Wildman–Crippen MR) is 90.4 cm³/mol. The molecule has 0 saturated carbocycles. The quantitative estimate of drug-likeness (QED) is 0.634. The minimum Gasteiger partial charge on any atom is -0.372 e. The Labute approximate surface area is 136 Å². The van der Waals surface area contributed by atoms with E-state index in [2.05, 4.69) is 29.0 Å². The molecule has 7 heteroatoms. The molecule has 6 nitrogen and oxygen atoms in total. The van der Waals surface area contributed by atoms with E-state index in [4.69, 9.17) is 4.55 Å². The summed E-state index contributed by atoms with van der Waals surface area (Å²) >= 11 is 0. The summed E-state index contributed by atoms with van der Waals surface area (Å²) < 4.78 is 30.8. The minimum atomic E-state index is -4.18. The topological polar surface area (TPSA) is 82.3 Å². The van der Waals surface area contributed by atoms with Gasteiger partial charge in [0, 0.05) is 18.8 Å². The molecule has 0 unspecified atom stereocenters. The third-order valence-corrected chi connectivity index (χ3v) is 4.26. The van der Waals surface area contributed by atoms with Gasteiger partial charge in [0.25, 0.3) is 10.1 Å². The molecular weight excluding hydrogens is 314 g/mol. The molecule has 23 heavy (non-hydrogen) atoms. The van der Waals surface area contributed by atoms with Gasteiger partial charge >= 0.3 is 0 Å². The van der Waals surface area contributed by atoms with Crippen molar-refractivity contribution in [3.63, 3.8) is 0 Å². The molecule has 0 atom stereocenters. The van der Waals surface area contributed by atoms with Crippen molar-refractivity contribution in [2.45, 2.75) is 18.7 Å². The Balaban J connectivity index is 2.11. The zero-order chi connectivity index (χ0) is 16.9. The number of hydrogen-bond donors (Lipinski definition) is 1. The van der Waals surface area contributed by atoms with Gasteiger partial charge in [0.1, 0.15) is 0 Å². The number of benzene rings is 2. The molecule has 2 aromatic carbocycles. The van der Waals surface area contributed by atoms with Gasteiger partial charge in [-0.3, -0.25) is 4.55 Å². The maximum Gasteiger partial charge on any atom is 0.294 e. The average molecular weight is 333 g/mol. The van der Waals surface area contributed by atoms with Gasteiger partial charge in [-0.1, -0.05) is 0 Å². The highest BCUT2D eigenvalue weighted by molar-refractivity contribution is 7.85. The van der Waals surface area contributed by atoms with Crippen LogP contribution >= 0.6 is 0 Å². The molecule has 0 bridgehead atoms. The van der Waals surface area contributed by atoms with Crippen molar-refractivity contribution in [1.29, 1.82) is 0 Å². The average Bonchev–Trinajstić information content (AvgIpc) is 2.55. The number of rotatable bonds is 6. The van der Waals surface area contributed by atoms with Gasteiger partial charge in [-0.25, -0.2) is 0 Å². The van der Waals surface area contributed by atoms with Gasteiger partial charge in [-0.05, 0) is 62.4 Å². The van der Waals surface area contributed by atoms with E-state index < -0.39 is 10.1 Å². The first-order chi connectivity index (χ1) is 10.9. The zero-order valence-corrected chi connectivity index (χ0v) is 13.9. The second-order valence-electron chi connectivity index (χ2n) is 4.86. The molecule has 2 aromatic rings. The molecule has 2 rings (SSSR count). The summed E-state index contributed by atoms with van der Waals surface area (Å²) in [6.07, 6.45) is 0. The van der Waals surface area contributed by atoms with Crippen LogP contribution in [0.4, 0.5) is 17.1 Å². The third kappa shape index (κ3) is 4.61. The third-order valence-electron chi connectivity index (χ3n) is 3.39. The van der Waals surface area contributed by atoms with Crippen LogP contribution in [0.25, 0.3) is 0 Å². The molecule has 0 fully saturated rings. The smallest absolute Gasteiger partial charge is 0.294 e. The molecule has 1 N–H and O–H groups in total. The van der Waals surface area contributed by atoms with Gasteiger partial charge in [0.2, 0.25) is 0 Å². The summed E-state index contributed by atoms with van der Waals surface area (Å²) in [5.74, 6) is 0. The summed E-state index contributed by atoms with van der Waals surface area (Å²) in [4.78, 5) is 2.06. The van der Waals surface area contributed by atoms with Crippen molar-refractivity contribution in [2.24, 2.45) is 10.2 Å². The summed E-state index contributed by atoms with van der Waals surface area (Å²) in [5.41, 5.74) is 2.34. The van der Waals surface area contributed by atoms with Gasteiger partial charge in [-0.2, -0.15) is 18.6 Å². The molecule has 0 aromatic heterocycles. The summed E-state index contributed by atoms with van der Waals surface area (Å²) in [6, 6.07) is 13.3. The molecule has 0 spiro atoms. The van der Waals surface area contributed by atoms with E-state index in [1.807, 2.05) is 24.3 Å². The fraction of sp³-hybridized carbons (Fsp3) is 0.250. The monoisotopic (exact) mass is 333 g/mol. The number of nitrogens with zero attached hydrogens (tertiary/aromatic N) is 3. The van der Waals surface area contributed by atoms with Crippen LogP contribution in [0.5, 0.6) is 0 Å². The van der Waals surface area contributed by atoms with Crippen molar-refractivity contribution in [3.05, 3.63) is 48.5 Å². The van der Waals surface area contributed by atoms with E-state index in [1.165, 1.54) is 24.3 Å². The molecule has 0 aliphatic carbocycles. The Morgan fingerprint density at radius 3 is 1.70 bits per heavy atom. The highest BCUT2D eigenvalue weighted by Crippen LogP contribution is 2.23. The normalized spacial score (nSPS) is 11.8. The number of azo groups is 1. The number of anilines is 1. The fourth-order valence-corrected chi connectivity index (χ4v) is 2.60. The Morgan fingerprint density at radius 1 is 0.870 bits per heavy atom. The Hall–Kier alpha value is -2.25. The number of hydrogen-bond acceptors (Lipinski definition) is 5. The SMILES string of the molecule is CCN(CC)c1ccc(/N=N/c2ccc(S(=O)(=O)O)cc2)cc1. The Morgan fingerprint density at radius 2 is 1.30 bits per heavy atom. The lowest BCUT2D eigenvalue weighted by Gasteiger charge is -2.20. The van der Waals surface area contributed by atoms with E-state index >= 15 is 0 Å². The van der Waals surface area contributed by atoms with Crippen molar-refractivity contribution in [1.82, 2.24) is 0 Å². The van der Waals surface area contributed by atoms with Crippen molar-refractivity contribution >= 4 is 27.2 Å². The lowest BCUT2D eigenvalue weighted by atomic mass is 10.2. The molecular formula is C16H19N3O3S. The Bertz CT molecular complexity index is 765. The van der Waals surface area contributed by atoms with Crippen LogP contribution in [0, 0.1) is 0 Å². The van der Waals surface area contributed by atoms with Crippen LogP contribution in [0.1, 0.15) is 13.8 Å². The van der Waals surface area contributed by atoms with E-state index in [0.29, 0.717) is 11.4 Å². The molecule has 0 heterocycles. The molecule has 0 aliphatic heterocycles. The predicted octanol–water partition coefficient (Wildman–Crippen LogP) is 4.19. The van der Waals surface area contributed by atoms with Gasteiger partial charge in [0.15, 0.2) is 0 Å². The summed E-state index contributed by atoms with van der Waals surface area (Å²) in [5, 5.41) is 8.16. The van der Waals surface area contributed by atoms with Gasteiger partial charge in [0.05, 0.1) is 16.3 Å². The largest absolute Gasteiger partial charge is 0.372 e. The maximum absolute atomic E-state index is 11.0. The minimum absolute atomic E-state index is 0.167. The summed E-state index contributed by atoms with van der Waals surface area (Å²) in [7, 11) is -4.18. The van der Waals surface area contributed by atoms with E-state index in [0.717, 1.165) is 18.8 Å². The van der Waals surface area contributed by atoms with Crippen molar-refractivity contribution < 1.29 is 13.0 Å². The summed E-state index contributed by atoms with van der Waals surface area (Å²) in [6.45, 7) is 6.09. The molecule has 0 amide bonds. The first-order valence-corrected chi connectivity index (χ1v) is 8.72. The molecule has 0 saturated heterocycles. The maximum atomic E-state index is 11.0. The standard InChI is InChI=1S/C16H19N3O3S/c1-3-19(4-2)15-9-5-13(6-10-15)17-18-14-7-11-16(12-8-14)23(20,21)22/h5-12H,3-4H2,1-2H3,(H,20,21,22)/b18-17+. The van der Waals surface area contributed by atoms with Crippen LogP contribution in [-0.2, 0) is 10.1 Å². The fourth-order valence-electron chi connectivity index (χ4n) is 2.12. The van der Waals surface area contributed by atoms with Crippen LogP contribution in [0.15, 0.2) is 63.7 Å². The van der Waals surface area contributed by atoms with Crippen LogP contribution in [0.2, 0.25) is 0 Å². The zero-order valence-electron chi connectivity index (χ0n) is 13.0. The van der Waals surface area contributed by atoms with Crippen LogP contribution < -0.4 is 4.90 Å². The first-order valence-electron chi connectivity index (χ1n) is 7.28. The lowest BCUT2D eigenvalue weighted by molar-refractivity contribution is 0.483. The van der Waals surface area contributed by atoms with E-state index in [1.54, 1.807) is 0 Å². The van der Waals surface area contributed by atoms with Crippen molar-refractivity contribution in [3.8, 4) is 0 Å². The van der Waals surface area contributed by atoms with E-state index in [9.17, 15) is 8.42 Å². The molecule has 122 valence electrons. The highest BCUT2D eigenvalue weighted by Gasteiger charge is 2.08. The van der Waals surface area contributed by atoms with Gasteiger partial charge < -0.3 is 4.90 Å². The second-order valence-corrected chi connectivity index (χ2v) is 6.28. The first kappa shape index (κ1) is 17.1. The lowest BCUT2D eigenvalue weighted by Crippen LogP contribution is -2.21. The van der Waals surface area contributed by atoms with Crippen LogP contribution in [-0.4, -0.2) is 26.1 Å². The molecule has 0 radical (unpaired) electrons.